The van der Waals surface area contributed by atoms with Gasteiger partial charge in [0.05, 0.1) is 0 Å². The summed E-state index contributed by atoms with van der Waals surface area (Å²) in [6, 6.07) is 0. The summed E-state index contributed by atoms with van der Waals surface area (Å²) < 4.78 is 5.60. The van der Waals surface area contributed by atoms with E-state index >= 15 is 0 Å². The van der Waals surface area contributed by atoms with Crippen LogP contribution in [0.2, 0.25) is 0 Å². The Kier molecular flexibility index (Phi) is 12.9. The smallest absolute Gasteiger partial charge is 0.191 e. The molecule has 0 bridgehead atoms. The van der Waals surface area contributed by atoms with Gasteiger partial charge in [-0.3, -0.25) is 4.99 Å². The Morgan fingerprint density at radius 2 is 1.79 bits per heavy atom. The number of hydrogen-bond acceptors (Lipinski definition) is 3. The van der Waals surface area contributed by atoms with Crippen molar-refractivity contribution >= 4 is 5.96 Å². The summed E-state index contributed by atoms with van der Waals surface area (Å²) in [5.41, 5.74) is 0. The normalized spacial score (nSPS) is 17.2. The van der Waals surface area contributed by atoms with Gasteiger partial charge in [-0.2, -0.15) is 0 Å². The summed E-state index contributed by atoms with van der Waals surface area (Å²) in [6.45, 7) is 14.8. The fourth-order valence-corrected chi connectivity index (χ4v) is 3.00. The maximum absolute atomic E-state index is 5.60. The van der Waals surface area contributed by atoms with E-state index in [9.17, 15) is 0 Å². The van der Waals surface area contributed by atoms with E-state index < -0.39 is 0 Å². The molecule has 1 aliphatic heterocycles. The third kappa shape index (κ3) is 10.1. The van der Waals surface area contributed by atoms with Gasteiger partial charge in [0.1, 0.15) is 0 Å². The molecule has 1 fully saturated rings. The van der Waals surface area contributed by atoms with Crippen LogP contribution in [0.15, 0.2) is 4.99 Å². The second-order valence-corrected chi connectivity index (χ2v) is 6.75. The predicted molar refractivity (Wildman–Crippen MR) is 104 cm³/mol. The third-order valence-corrected chi connectivity index (χ3v) is 4.50. The first-order valence-corrected chi connectivity index (χ1v) is 10.1. The zero-order valence-electron chi connectivity index (χ0n) is 16.3. The van der Waals surface area contributed by atoms with Gasteiger partial charge in [0.15, 0.2) is 5.96 Å². The van der Waals surface area contributed by atoms with Crippen LogP contribution in [-0.4, -0.2) is 63.3 Å². The number of rotatable bonds is 12. The minimum Gasteiger partial charge on any atom is -0.381 e. The van der Waals surface area contributed by atoms with Gasteiger partial charge in [0.2, 0.25) is 0 Å². The Morgan fingerprint density at radius 3 is 2.46 bits per heavy atom. The van der Waals surface area contributed by atoms with E-state index in [4.69, 9.17) is 9.73 Å². The highest BCUT2D eigenvalue weighted by Gasteiger charge is 2.18. The number of unbranched alkanes of at least 4 members (excludes halogenated alkanes) is 1. The molecule has 0 aromatic carbocycles. The second kappa shape index (κ2) is 14.5. The van der Waals surface area contributed by atoms with Gasteiger partial charge in [-0.15, -0.1) is 0 Å². The fraction of sp³-hybridized carbons (Fsp3) is 0.947. The van der Waals surface area contributed by atoms with Crippen LogP contribution in [0, 0.1) is 5.92 Å². The molecule has 1 saturated heterocycles. The Hall–Kier alpha value is -0.810. The Bertz CT molecular complexity index is 314. The minimum atomic E-state index is 0.742. The highest BCUT2D eigenvalue weighted by Crippen LogP contribution is 2.17. The van der Waals surface area contributed by atoms with Crippen LogP contribution in [0.25, 0.3) is 0 Å². The standard InChI is InChI=1S/C19H40N4O/c1-4-7-15-24-16-8-11-21-19(20-6-3)22-17-18-9-13-23(12-5-2)14-10-18/h18H,4-17H2,1-3H3,(H2,20,21,22). The minimum absolute atomic E-state index is 0.742. The molecule has 0 unspecified atom stereocenters. The van der Waals surface area contributed by atoms with Crippen molar-refractivity contribution in [1.29, 1.82) is 0 Å². The number of nitrogens with one attached hydrogen (secondary N) is 2. The molecule has 0 atom stereocenters. The van der Waals surface area contributed by atoms with Crippen molar-refractivity contribution in [1.82, 2.24) is 15.5 Å². The van der Waals surface area contributed by atoms with Gasteiger partial charge in [-0.05, 0) is 64.6 Å². The third-order valence-electron chi connectivity index (χ3n) is 4.50. The van der Waals surface area contributed by atoms with E-state index in [0.29, 0.717) is 0 Å². The SMILES string of the molecule is CCCCOCCCNC(=NCC1CCN(CCC)CC1)NCC. The van der Waals surface area contributed by atoms with E-state index in [0.717, 1.165) is 57.6 Å². The second-order valence-electron chi connectivity index (χ2n) is 6.75. The van der Waals surface area contributed by atoms with Gasteiger partial charge in [0, 0.05) is 32.8 Å². The van der Waals surface area contributed by atoms with E-state index in [1.165, 1.54) is 45.3 Å². The Morgan fingerprint density at radius 1 is 1.04 bits per heavy atom. The van der Waals surface area contributed by atoms with Crippen molar-refractivity contribution in [3.8, 4) is 0 Å². The van der Waals surface area contributed by atoms with Gasteiger partial charge in [-0.1, -0.05) is 20.3 Å². The molecule has 0 radical (unpaired) electrons. The van der Waals surface area contributed by atoms with E-state index in [-0.39, 0.29) is 0 Å². The highest BCUT2D eigenvalue weighted by atomic mass is 16.5. The summed E-state index contributed by atoms with van der Waals surface area (Å²) in [5.74, 6) is 1.70. The van der Waals surface area contributed by atoms with Crippen LogP contribution in [0.3, 0.4) is 0 Å². The molecule has 2 N–H and O–H groups in total. The van der Waals surface area contributed by atoms with Crippen LogP contribution < -0.4 is 10.6 Å². The molecule has 0 aromatic heterocycles. The van der Waals surface area contributed by atoms with Crippen LogP contribution in [0.5, 0.6) is 0 Å². The van der Waals surface area contributed by atoms with Gasteiger partial charge >= 0.3 is 0 Å². The van der Waals surface area contributed by atoms with Crippen molar-refractivity contribution in [3.63, 3.8) is 0 Å². The molecule has 1 heterocycles. The molecular formula is C19H40N4O. The van der Waals surface area contributed by atoms with Gasteiger partial charge in [0.25, 0.3) is 0 Å². The van der Waals surface area contributed by atoms with E-state index in [1.807, 2.05) is 0 Å². The highest BCUT2D eigenvalue weighted by molar-refractivity contribution is 5.79. The molecule has 0 aliphatic carbocycles. The van der Waals surface area contributed by atoms with Crippen LogP contribution in [0.4, 0.5) is 0 Å². The first kappa shape index (κ1) is 21.2. The summed E-state index contributed by atoms with van der Waals surface area (Å²) >= 11 is 0. The van der Waals surface area contributed by atoms with Crippen LogP contribution in [-0.2, 0) is 4.74 Å². The molecule has 0 spiro atoms. The van der Waals surface area contributed by atoms with Crippen molar-refractivity contribution in [2.45, 2.75) is 59.3 Å². The topological polar surface area (TPSA) is 48.9 Å². The summed E-state index contributed by atoms with van der Waals surface area (Å²) in [4.78, 5) is 7.38. The lowest BCUT2D eigenvalue weighted by Crippen LogP contribution is -2.39. The average Bonchev–Trinajstić information content (AvgIpc) is 2.60. The summed E-state index contributed by atoms with van der Waals surface area (Å²) in [7, 11) is 0. The molecular weight excluding hydrogens is 300 g/mol. The average molecular weight is 341 g/mol. The van der Waals surface area contributed by atoms with Gasteiger partial charge < -0.3 is 20.3 Å². The lowest BCUT2D eigenvalue weighted by Gasteiger charge is -2.31. The van der Waals surface area contributed by atoms with Crippen molar-refractivity contribution in [2.24, 2.45) is 10.9 Å². The lowest BCUT2D eigenvalue weighted by atomic mass is 9.97. The van der Waals surface area contributed by atoms with Crippen molar-refractivity contribution < 1.29 is 4.74 Å². The monoisotopic (exact) mass is 340 g/mol. The van der Waals surface area contributed by atoms with Crippen LogP contribution >= 0.6 is 0 Å². The Labute approximate surface area is 149 Å². The van der Waals surface area contributed by atoms with Crippen LogP contribution in [0.1, 0.15) is 59.3 Å². The quantitative estimate of drug-likeness (QED) is 0.326. The zero-order valence-corrected chi connectivity index (χ0v) is 16.3. The maximum atomic E-state index is 5.60. The number of nitrogens with zero attached hydrogens (tertiary/aromatic N) is 2. The first-order valence-electron chi connectivity index (χ1n) is 10.1. The van der Waals surface area contributed by atoms with E-state index in [2.05, 4.69) is 36.3 Å². The zero-order chi connectivity index (χ0) is 17.5. The molecule has 5 nitrogen and oxygen atoms in total. The molecule has 1 aliphatic rings. The lowest BCUT2D eigenvalue weighted by molar-refractivity contribution is 0.129. The number of likely N-dealkylation sites (tertiary alicyclic amines) is 1. The first-order chi connectivity index (χ1) is 11.8. The number of hydrogen-bond donors (Lipinski definition) is 2. The molecule has 24 heavy (non-hydrogen) atoms. The molecule has 0 saturated carbocycles. The largest absolute Gasteiger partial charge is 0.381 e. The van der Waals surface area contributed by atoms with Gasteiger partial charge in [-0.25, -0.2) is 0 Å². The number of aliphatic imine (C=N–C) groups is 1. The van der Waals surface area contributed by atoms with Crippen molar-refractivity contribution in [2.75, 3.05) is 52.5 Å². The number of piperidine rings is 1. The fourth-order valence-electron chi connectivity index (χ4n) is 3.00. The maximum Gasteiger partial charge on any atom is 0.191 e. The van der Waals surface area contributed by atoms with E-state index in [1.54, 1.807) is 0 Å². The molecule has 0 aromatic rings. The molecule has 0 amide bonds. The molecule has 142 valence electrons. The van der Waals surface area contributed by atoms with Crippen molar-refractivity contribution in [3.05, 3.63) is 0 Å². The molecule has 5 heteroatoms. The predicted octanol–water partition coefficient (Wildman–Crippen LogP) is 2.87. The molecule has 1 rings (SSSR count). The summed E-state index contributed by atoms with van der Waals surface area (Å²) in [6.07, 6.45) is 7.23. The summed E-state index contributed by atoms with van der Waals surface area (Å²) in [5, 5.41) is 6.78. The number of ether oxygens (including phenoxy) is 1. The Balaban J connectivity index is 2.18. The number of guanidine groups is 1.